The summed E-state index contributed by atoms with van der Waals surface area (Å²) in [4.78, 5) is 2.20. The van der Waals surface area contributed by atoms with Crippen molar-refractivity contribution in [3.8, 4) is 0 Å². The zero-order valence-corrected chi connectivity index (χ0v) is 10.4. The standard InChI is InChI=1S/C9H10BrNOSe/c10-5-6-11-7-13(12)9-4-2-1-3-8(9)11/h1-4H,5-7H2. The SMILES string of the molecule is O=[Se]1CN(CCBr)c2ccccc21. The van der Waals surface area contributed by atoms with Crippen LogP contribution in [0.3, 0.4) is 0 Å². The average molecular weight is 307 g/mol. The zero-order valence-electron chi connectivity index (χ0n) is 7.07. The third kappa shape index (κ3) is 1.71. The van der Waals surface area contributed by atoms with Gasteiger partial charge in [-0.3, -0.25) is 0 Å². The summed E-state index contributed by atoms with van der Waals surface area (Å²) in [6.07, 6.45) is 0. The van der Waals surface area contributed by atoms with E-state index < -0.39 is 13.8 Å². The molecule has 1 atom stereocenters. The monoisotopic (exact) mass is 307 g/mol. The van der Waals surface area contributed by atoms with Gasteiger partial charge in [-0.25, -0.2) is 0 Å². The second kappa shape index (κ2) is 3.91. The maximum atomic E-state index is 11.7. The molecule has 1 unspecified atom stereocenters. The van der Waals surface area contributed by atoms with E-state index in [0.29, 0.717) is 0 Å². The van der Waals surface area contributed by atoms with E-state index in [2.05, 4.69) is 26.9 Å². The van der Waals surface area contributed by atoms with Gasteiger partial charge in [-0.15, -0.1) is 0 Å². The Kier molecular flexibility index (Phi) is 2.82. The number of hydrogen-bond donors (Lipinski definition) is 0. The summed E-state index contributed by atoms with van der Waals surface area (Å²) in [6.45, 7) is 0.944. The van der Waals surface area contributed by atoms with Gasteiger partial charge in [0.2, 0.25) is 0 Å². The number of fused-ring (bicyclic) bond motifs is 1. The van der Waals surface area contributed by atoms with Gasteiger partial charge in [0.1, 0.15) is 0 Å². The molecule has 1 aromatic carbocycles. The first-order chi connectivity index (χ1) is 6.33. The van der Waals surface area contributed by atoms with Crippen molar-refractivity contribution in [1.82, 2.24) is 0 Å². The second-order valence-electron chi connectivity index (χ2n) is 2.89. The van der Waals surface area contributed by atoms with Gasteiger partial charge < -0.3 is 0 Å². The number of anilines is 1. The van der Waals surface area contributed by atoms with E-state index in [1.807, 2.05) is 18.2 Å². The molecule has 70 valence electrons. The third-order valence-corrected chi connectivity index (χ3v) is 5.33. The van der Waals surface area contributed by atoms with Crippen LogP contribution >= 0.6 is 15.9 Å². The Morgan fingerprint density at radius 1 is 1.46 bits per heavy atom. The van der Waals surface area contributed by atoms with E-state index in [0.717, 1.165) is 21.8 Å². The summed E-state index contributed by atoms with van der Waals surface area (Å²) in [5.41, 5.74) is 1.91. The van der Waals surface area contributed by atoms with Crippen molar-refractivity contribution in [2.75, 3.05) is 22.2 Å². The third-order valence-electron chi connectivity index (χ3n) is 2.08. The molecule has 0 aromatic heterocycles. The molecule has 1 heterocycles. The fourth-order valence-electron chi connectivity index (χ4n) is 1.48. The molecule has 0 bridgehead atoms. The summed E-state index contributed by atoms with van der Waals surface area (Å²) < 4.78 is 12.8. The molecular formula is C9H10BrNOSe. The predicted octanol–water partition coefficient (Wildman–Crippen LogP) is 1.07. The Labute approximate surface area is 90.1 Å². The van der Waals surface area contributed by atoms with Crippen molar-refractivity contribution in [2.24, 2.45) is 0 Å². The predicted molar refractivity (Wildman–Crippen MR) is 58.5 cm³/mol. The molecule has 0 fully saturated rings. The summed E-state index contributed by atoms with van der Waals surface area (Å²) in [7, 11) is 0. The Morgan fingerprint density at radius 3 is 3.00 bits per heavy atom. The second-order valence-corrected chi connectivity index (χ2v) is 6.60. The minimum absolute atomic E-state index is 0.741. The van der Waals surface area contributed by atoms with Crippen LogP contribution in [0.1, 0.15) is 0 Å². The molecule has 0 radical (unpaired) electrons. The molecule has 13 heavy (non-hydrogen) atoms. The molecule has 1 aromatic rings. The van der Waals surface area contributed by atoms with Gasteiger partial charge in [0, 0.05) is 0 Å². The van der Waals surface area contributed by atoms with Crippen LogP contribution in [0, 0.1) is 0 Å². The fraction of sp³-hybridized carbons (Fsp3) is 0.333. The van der Waals surface area contributed by atoms with Gasteiger partial charge in [-0.1, -0.05) is 0 Å². The molecule has 2 nitrogen and oxygen atoms in total. The van der Waals surface area contributed by atoms with Crippen molar-refractivity contribution < 1.29 is 3.83 Å². The van der Waals surface area contributed by atoms with Crippen molar-refractivity contribution >= 4 is 39.9 Å². The van der Waals surface area contributed by atoms with E-state index in [-0.39, 0.29) is 0 Å². The average Bonchev–Trinajstić information content (AvgIpc) is 2.46. The van der Waals surface area contributed by atoms with Crippen LogP contribution in [0.25, 0.3) is 0 Å². The number of nitrogens with zero attached hydrogens (tertiary/aromatic N) is 1. The number of hydrogen-bond acceptors (Lipinski definition) is 2. The van der Waals surface area contributed by atoms with Crippen molar-refractivity contribution in [3.05, 3.63) is 24.3 Å². The summed E-state index contributed by atoms with van der Waals surface area (Å²) >= 11 is 1.65. The summed E-state index contributed by atoms with van der Waals surface area (Å²) in [5.74, 6) is 0. The van der Waals surface area contributed by atoms with Gasteiger partial charge in [0.05, 0.1) is 0 Å². The van der Waals surface area contributed by atoms with Crippen LogP contribution in [-0.4, -0.2) is 31.2 Å². The van der Waals surface area contributed by atoms with E-state index in [9.17, 15) is 3.83 Å². The van der Waals surface area contributed by atoms with E-state index in [1.54, 1.807) is 0 Å². The molecule has 2 rings (SSSR count). The van der Waals surface area contributed by atoms with Gasteiger partial charge in [-0.05, 0) is 0 Å². The van der Waals surface area contributed by atoms with Gasteiger partial charge in [0.15, 0.2) is 0 Å². The Bertz CT molecular complexity index is 342. The van der Waals surface area contributed by atoms with Crippen LogP contribution in [0.4, 0.5) is 5.69 Å². The molecule has 1 aliphatic rings. The van der Waals surface area contributed by atoms with Crippen LogP contribution in [-0.2, 0) is 3.83 Å². The fourth-order valence-corrected chi connectivity index (χ4v) is 4.74. The Hall–Kier alpha value is -0.181. The van der Waals surface area contributed by atoms with Crippen molar-refractivity contribution in [2.45, 2.75) is 0 Å². The van der Waals surface area contributed by atoms with Crippen LogP contribution < -0.4 is 9.36 Å². The van der Waals surface area contributed by atoms with E-state index in [1.165, 1.54) is 5.69 Å². The van der Waals surface area contributed by atoms with Crippen molar-refractivity contribution in [1.29, 1.82) is 0 Å². The minimum atomic E-state index is -1.75. The topological polar surface area (TPSA) is 20.3 Å². The molecule has 0 N–H and O–H groups in total. The van der Waals surface area contributed by atoms with Gasteiger partial charge >= 0.3 is 90.2 Å². The Balaban J connectivity index is 2.36. The number of halogens is 1. The normalized spacial score (nSPS) is 20.4. The zero-order chi connectivity index (χ0) is 9.26. The molecule has 0 spiro atoms. The molecular weight excluding hydrogens is 297 g/mol. The van der Waals surface area contributed by atoms with E-state index >= 15 is 0 Å². The van der Waals surface area contributed by atoms with Crippen LogP contribution in [0.5, 0.6) is 0 Å². The molecule has 0 amide bonds. The molecule has 0 aliphatic carbocycles. The number of rotatable bonds is 2. The van der Waals surface area contributed by atoms with E-state index in [4.69, 9.17) is 0 Å². The molecule has 4 heteroatoms. The first-order valence-corrected chi connectivity index (χ1v) is 8.00. The van der Waals surface area contributed by atoms with Crippen LogP contribution in [0.2, 0.25) is 0 Å². The molecule has 1 aliphatic heterocycles. The first-order valence-electron chi connectivity index (χ1n) is 4.11. The van der Waals surface area contributed by atoms with Gasteiger partial charge in [-0.2, -0.15) is 0 Å². The number of para-hydroxylation sites is 1. The van der Waals surface area contributed by atoms with Gasteiger partial charge in [0.25, 0.3) is 0 Å². The summed E-state index contributed by atoms with van der Waals surface area (Å²) in [5, 5.41) is 0.931. The molecule has 0 saturated carbocycles. The first kappa shape index (κ1) is 9.38. The van der Waals surface area contributed by atoms with Crippen molar-refractivity contribution in [3.63, 3.8) is 0 Å². The Morgan fingerprint density at radius 2 is 2.23 bits per heavy atom. The summed E-state index contributed by atoms with van der Waals surface area (Å²) in [6, 6.07) is 8.01. The van der Waals surface area contributed by atoms with Crippen LogP contribution in [0.15, 0.2) is 24.3 Å². The quantitative estimate of drug-likeness (QED) is 0.602. The maximum absolute atomic E-state index is 11.7. The molecule has 0 saturated heterocycles. The number of benzene rings is 1. The number of alkyl halides is 1.